The summed E-state index contributed by atoms with van der Waals surface area (Å²) in [7, 11) is 0. The van der Waals surface area contributed by atoms with Gasteiger partial charge in [0.15, 0.2) is 0 Å². The van der Waals surface area contributed by atoms with E-state index in [-0.39, 0.29) is 11.3 Å². The third-order valence-electron chi connectivity index (χ3n) is 4.05. The number of nitrogens with one attached hydrogen (secondary N) is 1. The summed E-state index contributed by atoms with van der Waals surface area (Å²) in [5, 5.41) is 4.04. The second kappa shape index (κ2) is 9.29. The van der Waals surface area contributed by atoms with Gasteiger partial charge in [0, 0.05) is 16.5 Å². The summed E-state index contributed by atoms with van der Waals surface area (Å²) in [4.78, 5) is 11.9. The summed E-state index contributed by atoms with van der Waals surface area (Å²) in [6, 6.07) is 13.4. The monoisotopic (exact) mass is 393 g/mol. The number of hydrogen-bond acceptors (Lipinski definition) is 2. The van der Waals surface area contributed by atoms with Gasteiger partial charge in [-0.1, -0.05) is 62.2 Å². The highest BCUT2D eigenvalue weighted by Crippen LogP contribution is 2.24. The summed E-state index contributed by atoms with van der Waals surface area (Å²) in [5.41, 5.74) is 2.31. The lowest BCUT2D eigenvalue weighted by Gasteiger charge is -2.19. The molecule has 26 heavy (non-hydrogen) atoms. The van der Waals surface area contributed by atoms with Crippen molar-refractivity contribution < 1.29 is 9.53 Å². The molecule has 3 nitrogen and oxygen atoms in total. The molecule has 2 rings (SSSR count). The van der Waals surface area contributed by atoms with Crippen molar-refractivity contribution in [3.05, 3.63) is 63.6 Å². The highest BCUT2D eigenvalue weighted by molar-refractivity contribution is 6.35. The molecule has 5 heteroatoms. The molecule has 0 heterocycles. The molecule has 0 aliphatic heterocycles. The van der Waals surface area contributed by atoms with Gasteiger partial charge in [0.2, 0.25) is 5.91 Å². The van der Waals surface area contributed by atoms with Gasteiger partial charge >= 0.3 is 0 Å². The number of carbonyl (C=O) groups excluding carboxylic acids is 1. The molecule has 0 aliphatic carbocycles. The fraction of sp³-hybridized carbons (Fsp3) is 0.381. The first-order chi connectivity index (χ1) is 12.3. The SMILES string of the molecule is CC(C)(C)c1ccc(OCCNC(=O)CCc2ccc(Cl)cc2Cl)cc1. The van der Waals surface area contributed by atoms with Crippen molar-refractivity contribution in [3.8, 4) is 5.75 Å². The lowest BCUT2D eigenvalue weighted by molar-refractivity contribution is -0.121. The number of benzene rings is 2. The summed E-state index contributed by atoms with van der Waals surface area (Å²) in [6.45, 7) is 7.43. The molecule has 0 atom stereocenters. The topological polar surface area (TPSA) is 38.3 Å². The Morgan fingerprint density at radius 1 is 1.08 bits per heavy atom. The van der Waals surface area contributed by atoms with Crippen molar-refractivity contribution in [1.29, 1.82) is 0 Å². The van der Waals surface area contributed by atoms with Gasteiger partial charge in [-0.2, -0.15) is 0 Å². The summed E-state index contributed by atoms with van der Waals surface area (Å²) >= 11 is 12.0. The summed E-state index contributed by atoms with van der Waals surface area (Å²) in [5.74, 6) is 0.780. The minimum Gasteiger partial charge on any atom is -0.492 e. The molecule has 1 N–H and O–H groups in total. The van der Waals surface area contributed by atoms with E-state index in [1.54, 1.807) is 12.1 Å². The first kappa shape index (κ1) is 20.6. The Labute approximate surface area is 165 Å². The van der Waals surface area contributed by atoms with E-state index in [9.17, 15) is 4.79 Å². The first-order valence-electron chi connectivity index (χ1n) is 8.69. The maximum atomic E-state index is 11.9. The molecule has 0 bridgehead atoms. The van der Waals surface area contributed by atoms with Crippen LogP contribution in [0.4, 0.5) is 0 Å². The van der Waals surface area contributed by atoms with Crippen LogP contribution in [0.25, 0.3) is 0 Å². The quantitative estimate of drug-likeness (QED) is 0.637. The molecule has 140 valence electrons. The van der Waals surface area contributed by atoms with Gasteiger partial charge in [-0.05, 0) is 47.2 Å². The molecule has 2 aromatic rings. The van der Waals surface area contributed by atoms with Gasteiger partial charge in [-0.25, -0.2) is 0 Å². The Balaban J connectivity index is 1.68. The molecule has 0 saturated heterocycles. The van der Waals surface area contributed by atoms with Crippen LogP contribution in [0.1, 0.15) is 38.3 Å². The van der Waals surface area contributed by atoms with Crippen LogP contribution in [0.15, 0.2) is 42.5 Å². The van der Waals surface area contributed by atoms with E-state index in [0.717, 1.165) is 11.3 Å². The fourth-order valence-corrected chi connectivity index (χ4v) is 2.97. The Bertz CT molecular complexity index is 737. The van der Waals surface area contributed by atoms with Crippen LogP contribution in [0.3, 0.4) is 0 Å². The lowest BCUT2D eigenvalue weighted by Crippen LogP contribution is -2.28. The third-order valence-corrected chi connectivity index (χ3v) is 4.64. The Kier molecular flexibility index (Phi) is 7.36. The molecular formula is C21H25Cl2NO2. The molecule has 0 radical (unpaired) electrons. The van der Waals surface area contributed by atoms with Gasteiger partial charge in [0.05, 0.1) is 6.54 Å². The zero-order valence-electron chi connectivity index (χ0n) is 15.4. The Morgan fingerprint density at radius 2 is 1.77 bits per heavy atom. The Hall–Kier alpha value is -1.71. The second-order valence-corrected chi connectivity index (χ2v) is 8.05. The van der Waals surface area contributed by atoms with Crippen LogP contribution in [-0.4, -0.2) is 19.1 Å². The molecule has 2 aromatic carbocycles. The van der Waals surface area contributed by atoms with E-state index in [4.69, 9.17) is 27.9 Å². The first-order valence-corrected chi connectivity index (χ1v) is 9.45. The van der Waals surface area contributed by atoms with Crippen molar-refractivity contribution in [2.75, 3.05) is 13.2 Å². The largest absolute Gasteiger partial charge is 0.492 e. The maximum Gasteiger partial charge on any atom is 0.220 e. The van der Waals surface area contributed by atoms with Crippen LogP contribution in [0.2, 0.25) is 10.0 Å². The van der Waals surface area contributed by atoms with Crippen LogP contribution >= 0.6 is 23.2 Å². The van der Waals surface area contributed by atoms with Crippen molar-refractivity contribution in [2.45, 2.75) is 39.0 Å². The van der Waals surface area contributed by atoms with Crippen LogP contribution in [0, 0.1) is 0 Å². The molecule has 0 saturated carbocycles. The standard InChI is InChI=1S/C21H25Cl2NO2/c1-21(2,3)16-6-9-18(10-7-16)26-13-12-24-20(25)11-5-15-4-8-17(22)14-19(15)23/h4,6-10,14H,5,11-13H2,1-3H3,(H,24,25). The minimum atomic E-state index is -0.0253. The van der Waals surface area contributed by atoms with E-state index in [1.165, 1.54) is 5.56 Å². The number of amides is 1. The third kappa shape index (κ3) is 6.54. The highest BCUT2D eigenvalue weighted by atomic mass is 35.5. The predicted molar refractivity (Wildman–Crippen MR) is 108 cm³/mol. The van der Waals surface area contributed by atoms with Crippen LogP contribution < -0.4 is 10.1 Å². The lowest BCUT2D eigenvalue weighted by atomic mass is 9.87. The van der Waals surface area contributed by atoms with Crippen LogP contribution in [0.5, 0.6) is 5.75 Å². The van der Waals surface area contributed by atoms with Crippen molar-refractivity contribution in [3.63, 3.8) is 0 Å². The van der Waals surface area contributed by atoms with Crippen molar-refractivity contribution in [2.24, 2.45) is 0 Å². The van der Waals surface area contributed by atoms with Gasteiger partial charge in [-0.15, -0.1) is 0 Å². The maximum absolute atomic E-state index is 11.9. The smallest absolute Gasteiger partial charge is 0.220 e. The van der Waals surface area contributed by atoms with Gasteiger partial charge in [-0.3, -0.25) is 4.79 Å². The normalized spacial score (nSPS) is 11.3. The second-order valence-electron chi connectivity index (χ2n) is 7.21. The average Bonchev–Trinajstić information content (AvgIpc) is 2.57. The molecule has 0 aromatic heterocycles. The molecule has 0 aliphatic rings. The molecule has 1 amide bonds. The van der Waals surface area contributed by atoms with Crippen molar-refractivity contribution >= 4 is 29.1 Å². The molecular weight excluding hydrogens is 369 g/mol. The molecule has 0 fully saturated rings. The Morgan fingerprint density at radius 3 is 2.38 bits per heavy atom. The molecule has 0 unspecified atom stereocenters. The predicted octanol–water partition coefficient (Wildman–Crippen LogP) is 5.42. The number of ether oxygens (including phenoxy) is 1. The number of hydrogen-bond donors (Lipinski definition) is 1. The zero-order valence-corrected chi connectivity index (χ0v) is 17.0. The summed E-state index contributed by atoms with van der Waals surface area (Å²) < 4.78 is 5.67. The number of rotatable bonds is 7. The van der Waals surface area contributed by atoms with E-state index in [0.29, 0.717) is 36.0 Å². The summed E-state index contributed by atoms with van der Waals surface area (Å²) in [6.07, 6.45) is 0.957. The fourth-order valence-electron chi connectivity index (χ4n) is 2.47. The zero-order chi connectivity index (χ0) is 19.2. The highest BCUT2D eigenvalue weighted by Gasteiger charge is 2.13. The van der Waals surface area contributed by atoms with Gasteiger partial charge in [0.1, 0.15) is 12.4 Å². The van der Waals surface area contributed by atoms with E-state index < -0.39 is 0 Å². The molecule has 0 spiro atoms. The van der Waals surface area contributed by atoms with Crippen LogP contribution in [-0.2, 0) is 16.6 Å². The van der Waals surface area contributed by atoms with Gasteiger partial charge in [0.25, 0.3) is 0 Å². The van der Waals surface area contributed by atoms with Gasteiger partial charge < -0.3 is 10.1 Å². The van der Waals surface area contributed by atoms with E-state index >= 15 is 0 Å². The van der Waals surface area contributed by atoms with E-state index in [2.05, 4.69) is 38.2 Å². The number of carbonyl (C=O) groups is 1. The van der Waals surface area contributed by atoms with Crippen molar-refractivity contribution in [1.82, 2.24) is 5.32 Å². The van der Waals surface area contributed by atoms with E-state index in [1.807, 2.05) is 18.2 Å². The number of aryl methyl sites for hydroxylation is 1. The number of halogens is 2. The average molecular weight is 394 g/mol. The minimum absolute atomic E-state index is 0.0253.